The molecule has 1 aliphatic carbocycles. The van der Waals surface area contributed by atoms with Gasteiger partial charge in [-0.3, -0.25) is 0 Å². The van der Waals surface area contributed by atoms with Crippen LogP contribution in [0.1, 0.15) is 46.5 Å². The number of ether oxygens (including phenoxy) is 3. The van der Waals surface area contributed by atoms with Crippen molar-refractivity contribution >= 4 is 0 Å². The average molecular weight is 328 g/mol. The SMILES string of the molecule is C[C@@H]1CCC2[C@@H](C)[C@@H](OCCO)O[C@@H]3O[C@@]4(C)CCC1[C@@]23OO4. The molecule has 4 heterocycles. The van der Waals surface area contributed by atoms with E-state index in [0.29, 0.717) is 11.8 Å². The summed E-state index contributed by atoms with van der Waals surface area (Å²) in [5.41, 5.74) is -0.536. The molecule has 2 unspecified atom stereocenters. The Morgan fingerprint density at radius 2 is 1.96 bits per heavy atom. The Labute approximate surface area is 137 Å². The van der Waals surface area contributed by atoms with Gasteiger partial charge in [0.2, 0.25) is 5.79 Å². The van der Waals surface area contributed by atoms with Crippen LogP contribution in [0.3, 0.4) is 0 Å². The predicted octanol–water partition coefficient (Wildman–Crippen LogP) is 2.20. The van der Waals surface area contributed by atoms with Crippen LogP contribution in [0, 0.1) is 23.7 Å². The summed E-state index contributed by atoms with van der Waals surface area (Å²) in [6.07, 6.45) is 3.24. The lowest BCUT2D eigenvalue weighted by atomic mass is 9.58. The number of hydrogen-bond donors (Lipinski definition) is 1. The first kappa shape index (κ1) is 16.2. The van der Waals surface area contributed by atoms with Crippen LogP contribution in [0.25, 0.3) is 0 Å². The Morgan fingerprint density at radius 1 is 1.13 bits per heavy atom. The molecule has 4 aliphatic heterocycles. The summed E-state index contributed by atoms with van der Waals surface area (Å²) in [5, 5.41) is 9.06. The molecular weight excluding hydrogens is 300 g/mol. The smallest absolute Gasteiger partial charge is 0.201 e. The van der Waals surface area contributed by atoms with Crippen molar-refractivity contribution in [3.8, 4) is 0 Å². The van der Waals surface area contributed by atoms with Crippen LogP contribution in [-0.2, 0) is 24.0 Å². The number of fused-ring (bicyclic) bond motifs is 2. The Hall–Kier alpha value is -0.240. The van der Waals surface area contributed by atoms with E-state index < -0.39 is 17.7 Å². The van der Waals surface area contributed by atoms with Crippen LogP contribution >= 0.6 is 0 Å². The van der Waals surface area contributed by atoms with Gasteiger partial charge in [0.05, 0.1) is 13.2 Å². The Kier molecular flexibility index (Phi) is 3.99. The summed E-state index contributed by atoms with van der Waals surface area (Å²) < 4.78 is 18.2. The molecule has 4 saturated heterocycles. The maximum absolute atomic E-state index is 9.06. The number of rotatable bonds is 3. The van der Waals surface area contributed by atoms with Gasteiger partial charge in [0.1, 0.15) is 0 Å². The first-order valence-corrected chi connectivity index (χ1v) is 8.93. The summed E-state index contributed by atoms with van der Waals surface area (Å²) in [5.74, 6) is 0.625. The molecule has 6 nitrogen and oxygen atoms in total. The number of hydrogen-bond acceptors (Lipinski definition) is 6. The second-order valence-corrected chi connectivity index (χ2v) is 7.87. The summed E-state index contributed by atoms with van der Waals surface area (Å²) in [6, 6.07) is 0. The fourth-order valence-electron chi connectivity index (χ4n) is 5.23. The molecule has 0 aromatic rings. The third kappa shape index (κ3) is 2.30. The fourth-order valence-corrected chi connectivity index (χ4v) is 5.23. The standard InChI is InChI=1S/C17H28O6/c1-10-4-5-13-11(2)14(19-9-8-18)20-15-17(13)12(10)6-7-16(3,21-15)22-23-17/h10-15,18H,4-9H2,1-3H3/t10-,11-,12?,13?,14+,15-,16-,17-/m1/s1. The van der Waals surface area contributed by atoms with Gasteiger partial charge < -0.3 is 19.3 Å². The summed E-state index contributed by atoms with van der Waals surface area (Å²) >= 11 is 0. The van der Waals surface area contributed by atoms with E-state index >= 15 is 0 Å². The molecule has 0 radical (unpaired) electrons. The van der Waals surface area contributed by atoms with Gasteiger partial charge in [-0.25, -0.2) is 9.78 Å². The van der Waals surface area contributed by atoms with Crippen LogP contribution in [-0.4, -0.2) is 42.3 Å². The Bertz CT molecular complexity index is 458. The fraction of sp³-hybridized carbons (Fsp3) is 1.00. The molecule has 0 aromatic heterocycles. The van der Waals surface area contributed by atoms with Gasteiger partial charge in [-0.2, -0.15) is 0 Å². The lowest BCUT2D eigenvalue weighted by Gasteiger charge is -2.60. The highest BCUT2D eigenvalue weighted by Crippen LogP contribution is 2.60. The topological polar surface area (TPSA) is 66.4 Å². The molecule has 23 heavy (non-hydrogen) atoms. The van der Waals surface area contributed by atoms with Crippen molar-refractivity contribution in [2.45, 2.75) is 70.4 Å². The largest absolute Gasteiger partial charge is 0.394 e. The second-order valence-electron chi connectivity index (χ2n) is 7.87. The van der Waals surface area contributed by atoms with Crippen molar-refractivity contribution in [1.82, 2.24) is 0 Å². The maximum Gasteiger partial charge on any atom is 0.201 e. The van der Waals surface area contributed by atoms with Crippen molar-refractivity contribution in [3.63, 3.8) is 0 Å². The lowest BCUT2D eigenvalue weighted by Crippen LogP contribution is -2.70. The molecule has 5 rings (SSSR count). The third-order valence-corrected chi connectivity index (χ3v) is 6.47. The van der Waals surface area contributed by atoms with Crippen molar-refractivity contribution in [3.05, 3.63) is 0 Å². The van der Waals surface area contributed by atoms with E-state index in [1.807, 2.05) is 6.92 Å². The van der Waals surface area contributed by atoms with Crippen LogP contribution in [0.15, 0.2) is 0 Å². The van der Waals surface area contributed by atoms with Gasteiger partial charge in [-0.1, -0.05) is 13.8 Å². The van der Waals surface area contributed by atoms with E-state index in [-0.39, 0.29) is 31.3 Å². The number of aliphatic hydroxyl groups is 1. The molecule has 0 aromatic carbocycles. The monoisotopic (exact) mass is 328 g/mol. The Morgan fingerprint density at radius 3 is 2.74 bits per heavy atom. The zero-order chi connectivity index (χ0) is 16.2. The molecule has 1 spiro atoms. The maximum atomic E-state index is 9.06. The molecule has 6 heteroatoms. The molecule has 5 fully saturated rings. The number of aliphatic hydroxyl groups excluding tert-OH is 1. The quantitative estimate of drug-likeness (QED) is 0.801. The molecule has 1 N–H and O–H groups in total. The highest BCUT2D eigenvalue weighted by atomic mass is 17.3. The van der Waals surface area contributed by atoms with E-state index in [9.17, 15) is 0 Å². The second kappa shape index (κ2) is 5.64. The van der Waals surface area contributed by atoms with E-state index in [2.05, 4.69) is 13.8 Å². The van der Waals surface area contributed by atoms with E-state index in [1.165, 1.54) is 6.42 Å². The predicted molar refractivity (Wildman–Crippen MR) is 79.9 cm³/mol. The van der Waals surface area contributed by atoms with E-state index in [4.69, 9.17) is 29.1 Å². The van der Waals surface area contributed by atoms with Gasteiger partial charge in [0.15, 0.2) is 18.2 Å². The van der Waals surface area contributed by atoms with E-state index in [0.717, 1.165) is 19.3 Å². The first-order chi connectivity index (χ1) is 11.0. The van der Waals surface area contributed by atoms with Crippen LogP contribution in [0.4, 0.5) is 0 Å². The minimum Gasteiger partial charge on any atom is -0.394 e. The zero-order valence-corrected chi connectivity index (χ0v) is 14.2. The average Bonchev–Trinajstić information content (AvgIpc) is 2.76. The molecule has 8 atom stereocenters. The minimum atomic E-state index is -0.750. The van der Waals surface area contributed by atoms with Crippen molar-refractivity contribution < 1.29 is 29.1 Å². The molecule has 1 saturated carbocycles. The van der Waals surface area contributed by atoms with E-state index in [1.54, 1.807) is 0 Å². The van der Waals surface area contributed by atoms with Gasteiger partial charge in [-0.05, 0) is 38.0 Å². The Balaban J connectivity index is 1.70. The summed E-state index contributed by atoms with van der Waals surface area (Å²) in [7, 11) is 0. The molecule has 2 bridgehead atoms. The van der Waals surface area contributed by atoms with Crippen LogP contribution < -0.4 is 0 Å². The van der Waals surface area contributed by atoms with Crippen molar-refractivity contribution in [2.24, 2.45) is 23.7 Å². The summed E-state index contributed by atoms with van der Waals surface area (Å²) in [6.45, 7) is 6.63. The summed E-state index contributed by atoms with van der Waals surface area (Å²) in [4.78, 5) is 11.8. The van der Waals surface area contributed by atoms with Gasteiger partial charge in [-0.15, -0.1) is 0 Å². The molecule has 132 valence electrons. The van der Waals surface area contributed by atoms with Gasteiger partial charge in [0.25, 0.3) is 0 Å². The molecular formula is C17H28O6. The molecule has 5 aliphatic rings. The highest BCUT2D eigenvalue weighted by Gasteiger charge is 2.69. The third-order valence-electron chi connectivity index (χ3n) is 6.47. The van der Waals surface area contributed by atoms with Gasteiger partial charge >= 0.3 is 0 Å². The lowest BCUT2D eigenvalue weighted by molar-refractivity contribution is -0.577. The van der Waals surface area contributed by atoms with Crippen molar-refractivity contribution in [1.29, 1.82) is 0 Å². The van der Waals surface area contributed by atoms with Crippen molar-refractivity contribution in [2.75, 3.05) is 13.2 Å². The van der Waals surface area contributed by atoms with Crippen LogP contribution in [0.2, 0.25) is 0 Å². The molecule has 0 amide bonds. The minimum absolute atomic E-state index is 0.00903. The zero-order valence-electron chi connectivity index (χ0n) is 14.2. The first-order valence-electron chi connectivity index (χ1n) is 8.93. The normalized spacial score (nSPS) is 55.3. The highest BCUT2D eigenvalue weighted by molar-refractivity contribution is 5.09. The van der Waals surface area contributed by atoms with Crippen LogP contribution in [0.5, 0.6) is 0 Å². The van der Waals surface area contributed by atoms with Gasteiger partial charge in [0, 0.05) is 18.3 Å².